The van der Waals surface area contributed by atoms with E-state index in [1.54, 1.807) is 42.7 Å². The Morgan fingerprint density at radius 2 is 1.80 bits per heavy atom. The van der Waals surface area contributed by atoms with Crippen LogP contribution in [-0.4, -0.2) is 16.0 Å². The molecule has 1 N–H and O–H groups in total. The number of rotatable bonds is 3. The van der Waals surface area contributed by atoms with Crippen molar-refractivity contribution in [2.45, 2.75) is 0 Å². The Labute approximate surface area is 115 Å². The number of aromatic nitrogens is 2. The standard InChI is InChI=1S/C15H11N3O2/c19-15(12-4-2-1-3-5-12)17-14-10-13(18-20-14)11-6-8-16-9-7-11/h1-10H,(H,17,19). The summed E-state index contributed by atoms with van der Waals surface area (Å²) < 4.78 is 5.11. The van der Waals surface area contributed by atoms with E-state index < -0.39 is 0 Å². The molecule has 20 heavy (non-hydrogen) atoms. The highest BCUT2D eigenvalue weighted by Gasteiger charge is 2.10. The van der Waals surface area contributed by atoms with Gasteiger partial charge in [-0.1, -0.05) is 23.4 Å². The Morgan fingerprint density at radius 1 is 1.05 bits per heavy atom. The molecule has 0 saturated heterocycles. The van der Waals surface area contributed by atoms with E-state index in [0.717, 1.165) is 5.56 Å². The van der Waals surface area contributed by atoms with Crippen molar-refractivity contribution in [3.63, 3.8) is 0 Å². The van der Waals surface area contributed by atoms with Crippen LogP contribution in [-0.2, 0) is 0 Å². The lowest BCUT2D eigenvalue weighted by Gasteiger charge is -1.99. The van der Waals surface area contributed by atoms with Crippen LogP contribution in [0.2, 0.25) is 0 Å². The number of pyridine rings is 1. The van der Waals surface area contributed by atoms with Crippen molar-refractivity contribution < 1.29 is 9.32 Å². The van der Waals surface area contributed by atoms with Crippen molar-refractivity contribution in [3.8, 4) is 11.3 Å². The van der Waals surface area contributed by atoms with Gasteiger partial charge in [0, 0.05) is 29.6 Å². The van der Waals surface area contributed by atoms with E-state index in [2.05, 4.69) is 15.5 Å². The Hall–Kier alpha value is -2.95. The zero-order chi connectivity index (χ0) is 13.8. The van der Waals surface area contributed by atoms with Crippen LogP contribution in [0.15, 0.2) is 65.4 Å². The van der Waals surface area contributed by atoms with E-state index in [0.29, 0.717) is 17.1 Å². The van der Waals surface area contributed by atoms with Crippen LogP contribution in [0.4, 0.5) is 5.88 Å². The van der Waals surface area contributed by atoms with E-state index in [-0.39, 0.29) is 5.91 Å². The normalized spacial score (nSPS) is 10.2. The Kier molecular flexibility index (Phi) is 3.24. The zero-order valence-electron chi connectivity index (χ0n) is 10.5. The molecular formula is C15H11N3O2. The first kappa shape index (κ1) is 12.1. The first-order valence-corrected chi connectivity index (χ1v) is 6.06. The maximum Gasteiger partial charge on any atom is 0.258 e. The molecule has 5 heteroatoms. The lowest BCUT2D eigenvalue weighted by Crippen LogP contribution is -2.10. The highest BCUT2D eigenvalue weighted by atomic mass is 16.5. The van der Waals surface area contributed by atoms with Gasteiger partial charge in [-0.3, -0.25) is 15.1 Å². The van der Waals surface area contributed by atoms with Crippen LogP contribution < -0.4 is 5.32 Å². The van der Waals surface area contributed by atoms with Gasteiger partial charge in [0.15, 0.2) is 0 Å². The number of hydrogen-bond acceptors (Lipinski definition) is 4. The number of amides is 1. The quantitative estimate of drug-likeness (QED) is 0.790. The van der Waals surface area contributed by atoms with Crippen molar-refractivity contribution in [1.82, 2.24) is 10.1 Å². The van der Waals surface area contributed by atoms with Crippen molar-refractivity contribution in [2.75, 3.05) is 5.32 Å². The molecule has 2 heterocycles. The zero-order valence-corrected chi connectivity index (χ0v) is 10.5. The number of anilines is 1. The summed E-state index contributed by atoms with van der Waals surface area (Å²) in [7, 11) is 0. The second-order valence-electron chi connectivity index (χ2n) is 4.13. The lowest BCUT2D eigenvalue weighted by molar-refractivity contribution is 0.102. The van der Waals surface area contributed by atoms with Gasteiger partial charge >= 0.3 is 0 Å². The number of hydrogen-bond donors (Lipinski definition) is 1. The topological polar surface area (TPSA) is 68.0 Å². The van der Waals surface area contributed by atoms with Gasteiger partial charge in [0.25, 0.3) is 5.91 Å². The Balaban J connectivity index is 1.77. The third-order valence-corrected chi connectivity index (χ3v) is 2.76. The smallest absolute Gasteiger partial charge is 0.258 e. The number of carbonyl (C=O) groups excluding carboxylic acids is 1. The van der Waals surface area contributed by atoms with Gasteiger partial charge in [-0.05, 0) is 24.3 Å². The predicted molar refractivity (Wildman–Crippen MR) is 74.1 cm³/mol. The van der Waals surface area contributed by atoms with Gasteiger partial charge in [-0.2, -0.15) is 0 Å². The maximum absolute atomic E-state index is 12.0. The summed E-state index contributed by atoms with van der Waals surface area (Å²) in [5, 5.41) is 6.58. The Bertz CT molecular complexity index is 708. The number of nitrogens with one attached hydrogen (secondary N) is 1. The van der Waals surface area contributed by atoms with Crippen molar-refractivity contribution in [2.24, 2.45) is 0 Å². The molecule has 98 valence electrons. The van der Waals surface area contributed by atoms with Crippen molar-refractivity contribution in [3.05, 3.63) is 66.5 Å². The van der Waals surface area contributed by atoms with Gasteiger partial charge in [0.1, 0.15) is 5.69 Å². The average molecular weight is 265 g/mol. The third-order valence-electron chi connectivity index (χ3n) is 2.76. The minimum absolute atomic E-state index is 0.233. The van der Waals surface area contributed by atoms with Crippen LogP contribution in [0.25, 0.3) is 11.3 Å². The summed E-state index contributed by atoms with van der Waals surface area (Å²) in [6, 6.07) is 14.2. The van der Waals surface area contributed by atoms with Gasteiger partial charge in [0.05, 0.1) is 0 Å². The molecule has 0 bridgehead atoms. The molecular weight excluding hydrogens is 254 g/mol. The molecule has 0 fully saturated rings. The molecule has 0 spiro atoms. The average Bonchev–Trinajstić information content (AvgIpc) is 2.97. The summed E-state index contributed by atoms with van der Waals surface area (Å²) in [4.78, 5) is 15.9. The molecule has 3 aromatic rings. The molecule has 0 aliphatic rings. The SMILES string of the molecule is O=C(Nc1cc(-c2ccncc2)no1)c1ccccc1. The Morgan fingerprint density at radius 3 is 2.55 bits per heavy atom. The second kappa shape index (κ2) is 5.36. The molecule has 0 aliphatic carbocycles. The molecule has 0 saturated carbocycles. The first-order chi connectivity index (χ1) is 9.83. The highest BCUT2D eigenvalue weighted by molar-refractivity contribution is 6.03. The molecule has 0 radical (unpaired) electrons. The van der Waals surface area contributed by atoms with Crippen LogP contribution in [0.5, 0.6) is 0 Å². The second-order valence-corrected chi connectivity index (χ2v) is 4.13. The predicted octanol–water partition coefficient (Wildman–Crippen LogP) is 2.99. The van der Waals surface area contributed by atoms with Gasteiger partial charge in [-0.15, -0.1) is 0 Å². The minimum Gasteiger partial charge on any atom is -0.338 e. The first-order valence-electron chi connectivity index (χ1n) is 6.06. The fourth-order valence-corrected chi connectivity index (χ4v) is 1.77. The minimum atomic E-state index is -0.233. The van der Waals surface area contributed by atoms with Gasteiger partial charge in [0.2, 0.25) is 5.88 Å². The van der Waals surface area contributed by atoms with Crippen molar-refractivity contribution >= 4 is 11.8 Å². The number of benzene rings is 1. The molecule has 1 amide bonds. The summed E-state index contributed by atoms with van der Waals surface area (Å²) >= 11 is 0. The summed E-state index contributed by atoms with van der Waals surface area (Å²) in [6.07, 6.45) is 3.35. The fraction of sp³-hybridized carbons (Fsp3) is 0. The largest absolute Gasteiger partial charge is 0.338 e. The maximum atomic E-state index is 12.0. The van der Waals surface area contributed by atoms with Gasteiger partial charge < -0.3 is 4.52 Å². The third kappa shape index (κ3) is 2.56. The van der Waals surface area contributed by atoms with E-state index in [1.807, 2.05) is 18.2 Å². The van der Waals surface area contributed by atoms with E-state index in [9.17, 15) is 4.79 Å². The molecule has 2 aromatic heterocycles. The molecule has 0 atom stereocenters. The summed E-state index contributed by atoms with van der Waals surface area (Å²) in [5.74, 6) is 0.0775. The van der Waals surface area contributed by atoms with Crippen molar-refractivity contribution in [1.29, 1.82) is 0 Å². The molecule has 5 nitrogen and oxygen atoms in total. The van der Waals surface area contributed by atoms with E-state index >= 15 is 0 Å². The van der Waals surface area contributed by atoms with Crippen LogP contribution in [0.3, 0.4) is 0 Å². The lowest BCUT2D eigenvalue weighted by atomic mass is 10.2. The van der Waals surface area contributed by atoms with Gasteiger partial charge in [-0.25, -0.2) is 0 Å². The molecule has 0 unspecified atom stereocenters. The summed E-state index contributed by atoms with van der Waals surface area (Å²) in [6.45, 7) is 0. The van der Waals surface area contributed by atoms with Crippen LogP contribution >= 0.6 is 0 Å². The number of carbonyl (C=O) groups is 1. The monoisotopic (exact) mass is 265 g/mol. The molecule has 1 aromatic carbocycles. The van der Waals surface area contributed by atoms with Crippen LogP contribution in [0.1, 0.15) is 10.4 Å². The highest BCUT2D eigenvalue weighted by Crippen LogP contribution is 2.21. The fourth-order valence-electron chi connectivity index (χ4n) is 1.77. The molecule has 0 aliphatic heterocycles. The number of nitrogens with zero attached hydrogens (tertiary/aromatic N) is 2. The summed E-state index contributed by atoms with van der Waals surface area (Å²) in [5.41, 5.74) is 2.09. The molecule has 3 rings (SSSR count). The van der Waals surface area contributed by atoms with E-state index in [1.165, 1.54) is 0 Å². The van der Waals surface area contributed by atoms with Crippen LogP contribution in [0, 0.1) is 0 Å². The van der Waals surface area contributed by atoms with E-state index in [4.69, 9.17) is 4.52 Å².